The average Bonchev–Trinajstić information content (AvgIpc) is 2.52. The Morgan fingerprint density at radius 1 is 1.62 bits per heavy atom. The van der Waals surface area contributed by atoms with Crippen LogP contribution in [-0.4, -0.2) is 52.0 Å². The summed E-state index contributed by atoms with van der Waals surface area (Å²) in [6, 6.07) is 0. The summed E-state index contributed by atoms with van der Waals surface area (Å²) in [5.74, 6) is -0.551. The Balaban J connectivity index is 2.57. The van der Waals surface area contributed by atoms with Crippen LogP contribution in [-0.2, 0) is 14.3 Å². The summed E-state index contributed by atoms with van der Waals surface area (Å²) in [6.07, 6.45) is -1.96. The first-order valence-electron chi connectivity index (χ1n) is 4.92. The first-order chi connectivity index (χ1) is 7.49. The lowest BCUT2D eigenvalue weighted by Crippen LogP contribution is -2.40. The third kappa shape index (κ3) is 2.82. The summed E-state index contributed by atoms with van der Waals surface area (Å²) >= 11 is 3.09. The molecule has 0 aromatic carbocycles. The van der Waals surface area contributed by atoms with E-state index in [1.807, 2.05) is 0 Å². The summed E-state index contributed by atoms with van der Waals surface area (Å²) in [4.78, 5) is 10.7. The van der Waals surface area contributed by atoms with E-state index in [0.717, 1.165) is 0 Å². The number of aliphatic hydroxyl groups excluding tert-OH is 2. The van der Waals surface area contributed by atoms with Gasteiger partial charge in [-0.25, -0.2) is 0 Å². The van der Waals surface area contributed by atoms with E-state index in [9.17, 15) is 15.0 Å². The molecule has 1 aliphatic heterocycles. The van der Waals surface area contributed by atoms with Gasteiger partial charge in [0.15, 0.2) is 0 Å². The summed E-state index contributed by atoms with van der Waals surface area (Å²) in [5, 5.41) is 19.1. The Bertz CT molecular complexity index is 270. The van der Waals surface area contributed by atoms with Gasteiger partial charge in [0.1, 0.15) is 29.7 Å². The zero-order valence-electron chi connectivity index (χ0n) is 8.88. The van der Waals surface area contributed by atoms with Gasteiger partial charge in [-0.3, -0.25) is 4.79 Å². The van der Waals surface area contributed by atoms with Crippen LogP contribution in [0.1, 0.15) is 6.92 Å². The van der Waals surface area contributed by atoms with Crippen LogP contribution in [0.3, 0.4) is 0 Å². The standard InChI is InChI=1S/C10H15BrO5/c1-3-4-15-10(14)6(11)9-8(13)7(12)5(2)16-9/h3,5-9,12-13H,1,4H2,2H3/t5-,6?,7?,8+,9+/m0/s1. The highest BCUT2D eigenvalue weighted by Crippen LogP contribution is 2.27. The number of alkyl halides is 1. The molecule has 0 bridgehead atoms. The summed E-state index contributed by atoms with van der Waals surface area (Å²) in [7, 11) is 0. The maximum Gasteiger partial charge on any atom is 0.322 e. The monoisotopic (exact) mass is 294 g/mol. The van der Waals surface area contributed by atoms with Crippen molar-refractivity contribution in [1.29, 1.82) is 0 Å². The van der Waals surface area contributed by atoms with Gasteiger partial charge < -0.3 is 19.7 Å². The van der Waals surface area contributed by atoms with Crippen molar-refractivity contribution in [1.82, 2.24) is 0 Å². The zero-order chi connectivity index (χ0) is 12.3. The second-order valence-corrected chi connectivity index (χ2v) is 4.59. The molecule has 2 N–H and O–H groups in total. The molecule has 1 saturated heterocycles. The van der Waals surface area contributed by atoms with Crippen molar-refractivity contribution in [3.8, 4) is 0 Å². The van der Waals surface area contributed by atoms with E-state index < -0.39 is 35.2 Å². The molecule has 2 unspecified atom stereocenters. The number of aliphatic hydroxyl groups is 2. The van der Waals surface area contributed by atoms with Gasteiger partial charge in [0.05, 0.1) is 6.10 Å². The number of carbonyl (C=O) groups is 1. The molecule has 0 radical (unpaired) electrons. The molecular formula is C10H15BrO5. The smallest absolute Gasteiger partial charge is 0.322 e. The number of esters is 1. The van der Waals surface area contributed by atoms with E-state index in [0.29, 0.717) is 0 Å². The number of halogens is 1. The van der Waals surface area contributed by atoms with Gasteiger partial charge in [-0.1, -0.05) is 28.6 Å². The van der Waals surface area contributed by atoms with Crippen LogP contribution >= 0.6 is 15.9 Å². The van der Waals surface area contributed by atoms with Gasteiger partial charge in [0, 0.05) is 0 Å². The molecule has 5 atom stereocenters. The van der Waals surface area contributed by atoms with E-state index in [2.05, 4.69) is 22.5 Å². The number of hydrogen-bond donors (Lipinski definition) is 2. The molecule has 0 saturated carbocycles. The molecule has 0 aromatic rings. The molecule has 0 aromatic heterocycles. The highest BCUT2D eigenvalue weighted by atomic mass is 79.9. The van der Waals surface area contributed by atoms with Crippen molar-refractivity contribution in [3.05, 3.63) is 12.7 Å². The molecule has 1 rings (SSSR count). The zero-order valence-corrected chi connectivity index (χ0v) is 10.5. The van der Waals surface area contributed by atoms with Crippen LogP contribution in [0, 0.1) is 0 Å². The van der Waals surface area contributed by atoms with Crippen LogP contribution in [0.2, 0.25) is 0 Å². The van der Waals surface area contributed by atoms with E-state index in [-0.39, 0.29) is 6.61 Å². The van der Waals surface area contributed by atoms with Crippen LogP contribution < -0.4 is 0 Å². The molecule has 1 aliphatic rings. The predicted octanol–water partition coefficient (Wildman–Crippen LogP) is -0.0118. The lowest BCUT2D eigenvalue weighted by atomic mass is 10.1. The van der Waals surface area contributed by atoms with E-state index in [1.54, 1.807) is 6.92 Å². The second-order valence-electron chi connectivity index (χ2n) is 3.61. The van der Waals surface area contributed by atoms with E-state index >= 15 is 0 Å². The van der Waals surface area contributed by atoms with Crippen LogP contribution in [0.25, 0.3) is 0 Å². The first-order valence-corrected chi connectivity index (χ1v) is 5.83. The summed E-state index contributed by atoms with van der Waals surface area (Å²) < 4.78 is 10.1. The quantitative estimate of drug-likeness (QED) is 0.433. The van der Waals surface area contributed by atoms with Gasteiger partial charge >= 0.3 is 5.97 Å². The van der Waals surface area contributed by atoms with Crippen molar-refractivity contribution >= 4 is 21.9 Å². The largest absolute Gasteiger partial charge is 0.461 e. The van der Waals surface area contributed by atoms with Gasteiger partial charge in [0.2, 0.25) is 0 Å². The molecule has 1 fully saturated rings. The molecule has 6 heteroatoms. The lowest BCUT2D eigenvalue weighted by Gasteiger charge is -2.19. The second kappa shape index (κ2) is 5.77. The Kier molecular flexibility index (Phi) is 4.91. The van der Waals surface area contributed by atoms with Crippen molar-refractivity contribution < 1.29 is 24.5 Å². The van der Waals surface area contributed by atoms with Crippen molar-refractivity contribution in [2.24, 2.45) is 0 Å². The minimum absolute atomic E-state index is 0.0991. The number of rotatable bonds is 4. The molecule has 16 heavy (non-hydrogen) atoms. The first kappa shape index (κ1) is 13.6. The van der Waals surface area contributed by atoms with Crippen LogP contribution in [0.5, 0.6) is 0 Å². The molecule has 0 amide bonds. The molecule has 0 spiro atoms. The third-order valence-electron chi connectivity index (χ3n) is 2.40. The van der Waals surface area contributed by atoms with Crippen LogP contribution in [0.15, 0.2) is 12.7 Å². The maximum atomic E-state index is 11.5. The topological polar surface area (TPSA) is 76.0 Å². The molecular weight excluding hydrogens is 280 g/mol. The highest BCUT2D eigenvalue weighted by Gasteiger charge is 2.46. The Hall–Kier alpha value is -0.430. The molecule has 1 heterocycles. The minimum Gasteiger partial charge on any atom is -0.461 e. The Morgan fingerprint density at radius 2 is 2.25 bits per heavy atom. The van der Waals surface area contributed by atoms with Gasteiger partial charge in [0.25, 0.3) is 0 Å². The third-order valence-corrected chi connectivity index (χ3v) is 3.29. The fourth-order valence-electron chi connectivity index (χ4n) is 1.48. The minimum atomic E-state index is -1.10. The van der Waals surface area contributed by atoms with Gasteiger partial charge in [-0.2, -0.15) is 0 Å². The number of hydrogen-bond acceptors (Lipinski definition) is 5. The molecule has 5 nitrogen and oxygen atoms in total. The lowest BCUT2D eigenvalue weighted by molar-refractivity contribution is -0.145. The van der Waals surface area contributed by atoms with E-state index in [4.69, 9.17) is 9.47 Å². The normalized spacial score (nSPS) is 35.8. The SMILES string of the molecule is C=CCOC(=O)C(Br)[C@H]1O[C@@H](C)C(O)[C@H]1O. The molecule has 92 valence electrons. The van der Waals surface area contributed by atoms with Crippen molar-refractivity contribution in [2.45, 2.75) is 36.2 Å². The summed E-state index contributed by atoms with van der Waals surface area (Å²) in [6.45, 7) is 5.14. The van der Waals surface area contributed by atoms with E-state index in [1.165, 1.54) is 6.08 Å². The molecule has 0 aliphatic carbocycles. The fraction of sp³-hybridized carbons (Fsp3) is 0.700. The summed E-state index contributed by atoms with van der Waals surface area (Å²) in [5.41, 5.74) is 0. The van der Waals surface area contributed by atoms with Crippen LogP contribution in [0.4, 0.5) is 0 Å². The van der Waals surface area contributed by atoms with Gasteiger partial charge in [-0.05, 0) is 6.92 Å². The number of ether oxygens (including phenoxy) is 2. The Morgan fingerprint density at radius 3 is 2.69 bits per heavy atom. The highest BCUT2D eigenvalue weighted by molar-refractivity contribution is 9.10. The fourth-order valence-corrected chi connectivity index (χ4v) is 2.05. The maximum absolute atomic E-state index is 11.5. The average molecular weight is 295 g/mol. The predicted molar refractivity (Wildman–Crippen MR) is 60.2 cm³/mol. The van der Waals surface area contributed by atoms with Gasteiger partial charge in [-0.15, -0.1) is 0 Å². The Labute approximate surface area is 102 Å². The van der Waals surface area contributed by atoms with Crippen molar-refractivity contribution in [2.75, 3.05) is 6.61 Å². The number of carbonyl (C=O) groups excluding carboxylic acids is 1. The van der Waals surface area contributed by atoms with Crippen molar-refractivity contribution in [3.63, 3.8) is 0 Å².